The lowest BCUT2D eigenvalue weighted by Crippen LogP contribution is -2.16. The molecule has 2 aromatic rings. The molecule has 0 spiro atoms. The van der Waals surface area contributed by atoms with Gasteiger partial charge in [0.05, 0.1) is 17.7 Å². The molecule has 0 bridgehead atoms. The maximum atomic E-state index is 12.2. The number of ether oxygens (including phenoxy) is 1. The van der Waals surface area contributed by atoms with Crippen molar-refractivity contribution >= 4 is 15.8 Å². The fraction of sp³-hybridized carbons (Fsp3) is 0.308. The van der Waals surface area contributed by atoms with Gasteiger partial charge in [-0.1, -0.05) is 0 Å². The lowest BCUT2D eigenvalue weighted by atomic mass is 10.3. The molecule has 1 heterocycles. The van der Waals surface area contributed by atoms with E-state index in [0.29, 0.717) is 24.7 Å². The molecule has 0 unspecified atom stereocenters. The number of benzene rings is 1. The largest absolute Gasteiger partial charge is 0.494 e. The van der Waals surface area contributed by atoms with Crippen LogP contribution in [0.15, 0.2) is 41.4 Å². The minimum Gasteiger partial charge on any atom is -0.494 e. The zero-order valence-corrected chi connectivity index (χ0v) is 12.2. The second-order valence-corrected chi connectivity index (χ2v) is 5.72. The summed E-state index contributed by atoms with van der Waals surface area (Å²) in [6, 6.07) is 7.92. The summed E-state index contributed by atoms with van der Waals surface area (Å²) >= 11 is 0. The Hall–Kier alpha value is -2.02. The second-order valence-electron chi connectivity index (χ2n) is 4.04. The number of sulfonamides is 1. The van der Waals surface area contributed by atoms with Gasteiger partial charge in [0.15, 0.2) is 0 Å². The van der Waals surface area contributed by atoms with Gasteiger partial charge in [0.1, 0.15) is 11.6 Å². The number of aryl methyl sites for hydroxylation is 1. The third kappa shape index (κ3) is 3.11. The van der Waals surface area contributed by atoms with E-state index in [4.69, 9.17) is 4.74 Å². The van der Waals surface area contributed by atoms with Gasteiger partial charge in [0.25, 0.3) is 10.0 Å². The van der Waals surface area contributed by atoms with Crippen molar-refractivity contribution in [1.29, 1.82) is 0 Å². The lowest BCUT2D eigenvalue weighted by Gasteiger charge is -2.10. The van der Waals surface area contributed by atoms with E-state index >= 15 is 0 Å². The molecule has 1 N–H and O–H groups in total. The summed E-state index contributed by atoms with van der Waals surface area (Å²) in [4.78, 5) is 0.185. The molecule has 0 atom stereocenters. The van der Waals surface area contributed by atoms with Gasteiger partial charge in [-0.05, 0) is 38.1 Å². The Morgan fingerprint density at radius 1 is 1.20 bits per heavy atom. The predicted molar refractivity (Wildman–Crippen MR) is 76.3 cm³/mol. The van der Waals surface area contributed by atoms with Crippen LogP contribution in [0.4, 0.5) is 5.82 Å². The Kier molecular flexibility index (Phi) is 4.29. The van der Waals surface area contributed by atoms with Crippen molar-refractivity contribution in [3.05, 3.63) is 36.5 Å². The first-order valence-electron chi connectivity index (χ1n) is 6.34. The van der Waals surface area contributed by atoms with Crippen molar-refractivity contribution in [3.8, 4) is 5.75 Å². The van der Waals surface area contributed by atoms with Crippen molar-refractivity contribution in [1.82, 2.24) is 9.78 Å². The van der Waals surface area contributed by atoms with Crippen LogP contribution in [0.3, 0.4) is 0 Å². The molecular weight excluding hydrogens is 278 g/mol. The molecule has 20 heavy (non-hydrogen) atoms. The number of nitrogens with one attached hydrogen (secondary N) is 1. The molecule has 0 amide bonds. The molecule has 0 fully saturated rings. The minimum atomic E-state index is -3.61. The highest BCUT2D eigenvalue weighted by molar-refractivity contribution is 7.92. The van der Waals surface area contributed by atoms with Crippen LogP contribution in [-0.4, -0.2) is 24.8 Å². The average Bonchev–Trinajstić information content (AvgIpc) is 2.86. The van der Waals surface area contributed by atoms with Crippen LogP contribution >= 0.6 is 0 Å². The summed E-state index contributed by atoms with van der Waals surface area (Å²) < 4.78 is 33.9. The minimum absolute atomic E-state index is 0.185. The van der Waals surface area contributed by atoms with E-state index < -0.39 is 10.0 Å². The molecule has 1 aromatic carbocycles. The van der Waals surface area contributed by atoms with E-state index in [9.17, 15) is 8.42 Å². The number of nitrogens with zero attached hydrogens (tertiary/aromatic N) is 2. The van der Waals surface area contributed by atoms with Gasteiger partial charge in [0.2, 0.25) is 0 Å². The van der Waals surface area contributed by atoms with Crippen LogP contribution < -0.4 is 9.46 Å². The van der Waals surface area contributed by atoms with Crippen molar-refractivity contribution in [2.24, 2.45) is 0 Å². The molecule has 0 aliphatic heterocycles. The van der Waals surface area contributed by atoms with Gasteiger partial charge in [0, 0.05) is 12.6 Å². The smallest absolute Gasteiger partial charge is 0.263 e. The quantitative estimate of drug-likeness (QED) is 0.885. The average molecular weight is 295 g/mol. The van der Waals surface area contributed by atoms with Crippen LogP contribution in [0.25, 0.3) is 0 Å². The lowest BCUT2D eigenvalue weighted by molar-refractivity contribution is 0.340. The molecule has 0 radical (unpaired) electrons. The highest BCUT2D eigenvalue weighted by atomic mass is 32.2. The first kappa shape index (κ1) is 14.4. The Labute approximate surface area is 118 Å². The molecule has 108 valence electrons. The zero-order valence-electron chi connectivity index (χ0n) is 11.4. The van der Waals surface area contributed by atoms with Gasteiger partial charge in [-0.3, -0.25) is 4.72 Å². The van der Waals surface area contributed by atoms with Crippen molar-refractivity contribution in [2.45, 2.75) is 25.3 Å². The molecule has 0 aliphatic carbocycles. The van der Waals surface area contributed by atoms with Crippen LogP contribution in [-0.2, 0) is 16.6 Å². The summed E-state index contributed by atoms with van der Waals surface area (Å²) in [6.07, 6.45) is 1.56. The van der Waals surface area contributed by atoms with Gasteiger partial charge in [-0.25, -0.2) is 13.1 Å². The van der Waals surface area contributed by atoms with Crippen molar-refractivity contribution in [3.63, 3.8) is 0 Å². The SMILES string of the molecule is CCOc1ccc(S(=O)(=O)Nc2ccnn2CC)cc1. The third-order valence-electron chi connectivity index (χ3n) is 2.70. The predicted octanol–water partition coefficient (Wildman–Crippen LogP) is 2.10. The standard InChI is InChI=1S/C13H17N3O3S/c1-3-16-13(9-10-14-16)15-20(17,18)12-7-5-11(6-8-12)19-4-2/h5-10,15H,3-4H2,1-2H3. The Morgan fingerprint density at radius 2 is 1.90 bits per heavy atom. The van der Waals surface area contributed by atoms with Crippen LogP contribution in [0.2, 0.25) is 0 Å². The van der Waals surface area contributed by atoms with Crippen LogP contribution in [0, 0.1) is 0 Å². The normalized spacial score (nSPS) is 11.3. The third-order valence-corrected chi connectivity index (χ3v) is 4.07. The van der Waals surface area contributed by atoms with Crippen molar-refractivity contribution in [2.75, 3.05) is 11.3 Å². The number of hydrogen-bond acceptors (Lipinski definition) is 4. The fourth-order valence-electron chi connectivity index (χ4n) is 1.75. The zero-order chi connectivity index (χ0) is 14.6. The van der Waals surface area contributed by atoms with E-state index in [-0.39, 0.29) is 4.90 Å². The first-order valence-corrected chi connectivity index (χ1v) is 7.82. The highest BCUT2D eigenvalue weighted by Gasteiger charge is 2.16. The van der Waals surface area contributed by atoms with Gasteiger partial charge in [-0.2, -0.15) is 5.10 Å². The second kappa shape index (κ2) is 5.96. The maximum Gasteiger partial charge on any atom is 0.263 e. The summed E-state index contributed by atoms with van der Waals surface area (Å²) in [5.41, 5.74) is 0. The summed E-state index contributed by atoms with van der Waals surface area (Å²) in [5.74, 6) is 1.09. The van der Waals surface area contributed by atoms with E-state index in [1.165, 1.54) is 12.1 Å². The van der Waals surface area contributed by atoms with Crippen LogP contribution in [0.5, 0.6) is 5.75 Å². The molecule has 0 saturated carbocycles. The number of aromatic nitrogens is 2. The first-order chi connectivity index (χ1) is 9.56. The molecule has 0 aliphatic rings. The summed E-state index contributed by atoms with van der Waals surface area (Å²) in [7, 11) is -3.61. The maximum absolute atomic E-state index is 12.2. The molecule has 7 heteroatoms. The van der Waals surface area contributed by atoms with Crippen molar-refractivity contribution < 1.29 is 13.2 Å². The Morgan fingerprint density at radius 3 is 2.50 bits per heavy atom. The number of hydrogen-bond donors (Lipinski definition) is 1. The highest BCUT2D eigenvalue weighted by Crippen LogP contribution is 2.19. The molecule has 0 saturated heterocycles. The summed E-state index contributed by atoms with van der Waals surface area (Å²) in [5, 5.41) is 4.02. The van der Waals surface area contributed by atoms with Crippen LogP contribution in [0.1, 0.15) is 13.8 Å². The van der Waals surface area contributed by atoms with E-state index in [1.54, 1.807) is 29.1 Å². The van der Waals surface area contributed by atoms with E-state index in [1.807, 2.05) is 13.8 Å². The Balaban J connectivity index is 2.22. The summed E-state index contributed by atoms with van der Waals surface area (Å²) in [6.45, 7) is 4.90. The van der Waals surface area contributed by atoms with E-state index in [0.717, 1.165) is 0 Å². The Bertz CT molecular complexity index is 662. The number of anilines is 1. The number of rotatable bonds is 6. The monoisotopic (exact) mass is 295 g/mol. The topological polar surface area (TPSA) is 73.2 Å². The van der Waals surface area contributed by atoms with Gasteiger partial charge in [-0.15, -0.1) is 0 Å². The van der Waals surface area contributed by atoms with E-state index in [2.05, 4.69) is 9.82 Å². The van der Waals surface area contributed by atoms with Gasteiger partial charge >= 0.3 is 0 Å². The molecular formula is C13H17N3O3S. The molecule has 1 aromatic heterocycles. The molecule has 2 rings (SSSR count). The van der Waals surface area contributed by atoms with Gasteiger partial charge < -0.3 is 4.74 Å². The molecule has 6 nitrogen and oxygen atoms in total. The fourth-order valence-corrected chi connectivity index (χ4v) is 2.81.